The molecule has 0 radical (unpaired) electrons. The maximum absolute atomic E-state index is 12.5. The minimum atomic E-state index is -0.670. The van der Waals surface area contributed by atoms with Crippen LogP contribution in [0.15, 0.2) is 28.7 Å². The van der Waals surface area contributed by atoms with E-state index in [1.807, 2.05) is 24.3 Å². The van der Waals surface area contributed by atoms with Crippen molar-refractivity contribution in [2.24, 2.45) is 13.0 Å². The number of carbonyl (C=O) groups excluding carboxylic acids is 2. The van der Waals surface area contributed by atoms with E-state index in [0.29, 0.717) is 23.6 Å². The molecule has 0 aliphatic carbocycles. The number of nitrogens with one attached hydrogen (secondary N) is 2. The highest BCUT2D eigenvalue weighted by Gasteiger charge is 2.37. The fourth-order valence-electron chi connectivity index (χ4n) is 2.65. The van der Waals surface area contributed by atoms with Crippen LogP contribution in [0, 0.1) is 10.7 Å². The van der Waals surface area contributed by atoms with Gasteiger partial charge in [0, 0.05) is 23.8 Å². The van der Waals surface area contributed by atoms with Gasteiger partial charge in [0.15, 0.2) is 10.6 Å². The summed E-state index contributed by atoms with van der Waals surface area (Å²) in [6.45, 7) is 0.753. The number of aromatic amines is 1. The van der Waals surface area contributed by atoms with E-state index < -0.39 is 5.92 Å². The number of anilines is 1. The molecule has 9 heteroatoms. The summed E-state index contributed by atoms with van der Waals surface area (Å²) in [7, 11) is 1.77. The molecule has 1 aromatic heterocycles. The van der Waals surface area contributed by atoms with Crippen LogP contribution >= 0.6 is 28.1 Å². The van der Waals surface area contributed by atoms with Gasteiger partial charge < -0.3 is 14.8 Å². The summed E-state index contributed by atoms with van der Waals surface area (Å²) in [5.74, 6) is -0.522. The molecule has 1 aliphatic heterocycles. The minimum Gasteiger partial charge on any atom is -0.348 e. The zero-order valence-electron chi connectivity index (χ0n) is 13.0. The number of carbonyl (C=O) groups is 2. The number of nitrogens with zero attached hydrogens (tertiary/aromatic N) is 3. The van der Waals surface area contributed by atoms with E-state index in [1.165, 1.54) is 0 Å². The van der Waals surface area contributed by atoms with Crippen molar-refractivity contribution in [3.05, 3.63) is 39.3 Å². The molecular formula is C15H16BrN5O2S. The zero-order chi connectivity index (χ0) is 17.3. The third kappa shape index (κ3) is 3.27. The third-order valence-corrected chi connectivity index (χ3v) is 4.89. The van der Waals surface area contributed by atoms with Crippen molar-refractivity contribution in [3.63, 3.8) is 0 Å². The van der Waals surface area contributed by atoms with Crippen molar-refractivity contribution in [2.75, 3.05) is 11.4 Å². The second-order valence-corrected chi connectivity index (χ2v) is 6.84. The standard InChI is InChI=1S/C15H16BrN5O2S/c1-20-12(18-19-15(20)24)8-17-13(22)11-5-6-21(14(11)23)10-4-2-3-9(16)7-10/h2-4,7,11H,5-6,8H2,1H3,(H,17,22)(H,19,24). The van der Waals surface area contributed by atoms with E-state index in [2.05, 4.69) is 31.4 Å². The summed E-state index contributed by atoms with van der Waals surface area (Å²) in [6, 6.07) is 7.49. The summed E-state index contributed by atoms with van der Waals surface area (Å²) in [4.78, 5) is 26.5. The van der Waals surface area contributed by atoms with Crippen LogP contribution in [0.5, 0.6) is 0 Å². The van der Waals surface area contributed by atoms with Gasteiger partial charge in [-0.1, -0.05) is 22.0 Å². The lowest BCUT2D eigenvalue weighted by atomic mass is 10.1. The summed E-state index contributed by atoms with van der Waals surface area (Å²) in [5, 5.41) is 9.46. The van der Waals surface area contributed by atoms with Crippen LogP contribution in [0.3, 0.4) is 0 Å². The largest absolute Gasteiger partial charge is 0.348 e. The average Bonchev–Trinajstić information content (AvgIpc) is 3.09. The van der Waals surface area contributed by atoms with E-state index in [0.717, 1.165) is 10.2 Å². The minimum absolute atomic E-state index is 0.180. The van der Waals surface area contributed by atoms with E-state index in [9.17, 15) is 9.59 Å². The molecule has 1 unspecified atom stereocenters. The third-order valence-electron chi connectivity index (χ3n) is 4.04. The van der Waals surface area contributed by atoms with Crippen LogP contribution in [0.4, 0.5) is 5.69 Å². The molecule has 2 N–H and O–H groups in total. The zero-order valence-corrected chi connectivity index (χ0v) is 15.4. The quantitative estimate of drug-likeness (QED) is 0.596. The van der Waals surface area contributed by atoms with Gasteiger partial charge in [-0.15, -0.1) is 0 Å². The molecule has 2 amide bonds. The molecule has 1 aromatic carbocycles. The molecule has 126 valence electrons. The Morgan fingerprint density at radius 1 is 1.54 bits per heavy atom. The molecule has 0 saturated carbocycles. The van der Waals surface area contributed by atoms with Crippen LogP contribution in [-0.4, -0.2) is 33.1 Å². The van der Waals surface area contributed by atoms with Crippen molar-refractivity contribution in [3.8, 4) is 0 Å². The first-order chi connectivity index (χ1) is 11.5. The van der Waals surface area contributed by atoms with Gasteiger partial charge in [0.05, 0.1) is 6.54 Å². The summed E-state index contributed by atoms with van der Waals surface area (Å²) >= 11 is 8.42. The van der Waals surface area contributed by atoms with Crippen LogP contribution in [0.2, 0.25) is 0 Å². The second-order valence-electron chi connectivity index (χ2n) is 5.53. The first-order valence-corrected chi connectivity index (χ1v) is 8.62. The average molecular weight is 410 g/mol. The molecule has 24 heavy (non-hydrogen) atoms. The highest BCUT2D eigenvalue weighted by Crippen LogP contribution is 2.27. The summed E-state index contributed by atoms with van der Waals surface area (Å²) in [5.41, 5.74) is 0.791. The molecule has 1 aliphatic rings. The molecule has 2 heterocycles. The Hall–Kier alpha value is -2.00. The van der Waals surface area contributed by atoms with Gasteiger partial charge in [0.25, 0.3) is 0 Å². The molecule has 0 bridgehead atoms. The number of aromatic nitrogens is 3. The van der Waals surface area contributed by atoms with Gasteiger partial charge in [-0.05, 0) is 36.8 Å². The fourth-order valence-corrected chi connectivity index (χ4v) is 3.19. The molecule has 3 rings (SSSR count). The summed E-state index contributed by atoms with van der Waals surface area (Å²) < 4.78 is 3.06. The molecule has 1 saturated heterocycles. The number of amides is 2. The van der Waals surface area contributed by atoms with Gasteiger partial charge >= 0.3 is 0 Å². The first-order valence-electron chi connectivity index (χ1n) is 7.42. The topological polar surface area (TPSA) is 83.0 Å². The number of hydrogen-bond donors (Lipinski definition) is 2. The van der Waals surface area contributed by atoms with Crippen LogP contribution in [0.1, 0.15) is 12.2 Å². The lowest BCUT2D eigenvalue weighted by Gasteiger charge is -2.17. The van der Waals surface area contributed by atoms with Gasteiger partial charge in [0.2, 0.25) is 11.8 Å². The maximum Gasteiger partial charge on any atom is 0.239 e. The van der Waals surface area contributed by atoms with Gasteiger partial charge in [-0.2, -0.15) is 5.10 Å². The van der Waals surface area contributed by atoms with Crippen molar-refractivity contribution < 1.29 is 9.59 Å². The van der Waals surface area contributed by atoms with Crippen LogP contribution < -0.4 is 10.2 Å². The Bertz CT molecular complexity index is 846. The van der Waals surface area contributed by atoms with E-state index >= 15 is 0 Å². The molecule has 1 atom stereocenters. The number of H-pyrrole nitrogens is 1. The smallest absolute Gasteiger partial charge is 0.239 e. The highest BCUT2D eigenvalue weighted by atomic mass is 79.9. The number of rotatable bonds is 4. The predicted octanol–water partition coefficient (Wildman–Crippen LogP) is 1.91. The van der Waals surface area contributed by atoms with Crippen LogP contribution in [-0.2, 0) is 23.2 Å². The first kappa shape index (κ1) is 16.8. The van der Waals surface area contributed by atoms with E-state index in [-0.39, 0.29) is 18.4 Å². The number of halogens is 1. The Labute approximate surface area is 152 Å². The molecule has 0 spiro atoms. The highest BCUT2D eigenvalue weighted by molar-refractivity contribution is 9.10. The van der Waals surface area contributed by atoms with Gasteiger partial charge in [-0.25, -0.2) is 0 Å². The van der Waals surface area contributed by atoms with E-state index in [1.54, 1.807) is 16.5 Å². The van der Waals surface area contributed by atoms with Gasteiger partial charge in [-0.3, -0.25) is 14.7 Å². The SMILES string of the molecule is Cn1c(CNC(=O)C2CCN(c3cccc(Br)c3)C2=O)n[nH]c1=S. The Morgan fingerprint density at radius 3 is 3.00 bits per heavy atom. The Morgan fingerprint density at radius 2 is 2.33 bits per heavy atom. The van der Waals surface area contributed by atoms with Crippen molar-refractivity contribution in [1.29, 1.82) is 0 Å². The van der Waals surface area contributed by atoms with Crippen molar-refractivity contribution >= 4 is 45.6 Å². The van der Waals surface area contributed by atoms with Crippen LogP contribution in [0.25, 0.3) is 0 Å². The van der Waals surface area contributed by atoms with Crippen molar-refractivity contribution in [1.82, 2.24) is 20.1 Å². The molecule has 7 nitrogen and oxygen atoms in total. The van der Waals surface area contributed by atoms with Gasteiger partial charge in [0.1, 0.15) is 5.92 Å². The summed E-state index contributed by atoms with van der Waals surface area (Å²) in [6.07, 6.45) is 0.496. The number of benzene rings is 1. The number of hydrogen-bond acceptors (Lipinski definition) is 4. The lowest BCUT2D eigenvalue weighted by Crippen LogP contribution is -2.37. The van der Waals surface area contributed by atoms with Crippen molar-refractivity contribution in [2.45, 2.75) is 13.0 Å². The maximum atomic E-state index is 12.5. The Balaban J connectivity index is 1.65. The Kier molecular flexibility index (Phi) is 4.81. The molecule has 1 fully saturated rings. The predicted molar refractivity (Wildman–Crippen MR) is 94.8 cm³/mol. The lowest BCUT2D eigenvalue weighted by molar-refractivity contribution is -0.132. The second kappa shape index (κ2) is 6.86. The molecule has 2 aromatic rings. The molecular weight excluding hydrogens is 394 g/mol. The fraction of sp³-hybridized carbons (Fsp3) is 0.333. The van der Waals surface area contributed by atoms with E-state index in [4.69, 9.17) is 12.2 Å². The normalized spacial score (nSPS) is 17.3. The monoisotopic (exact) mass is 409 g/mol.